The Hall–Kier alpha value is -2.35. The van der Waals surface area contributed by atoms with Crippen LogP contribution in [-0.2, 0) is 9.53 Å². The van der Waals surface area contributed by atoms with E-state index < -0.39 is 11.9 Å². The number of nitrogens with zero attached hydrogens (tertiary/aromatic N) is 1. The number of aromatic nitrogens is 1. The van der Waals surface area contributed by atoms with Crippen LogP contribution in [0.3, 0.4) is 0 Å². The van der Waals surface area contributed by atoms with Crippen LogP contribution < -0.4 is 0 Å². The summed E-state index contributed by atoms with van der Waals surface area (Å²) >= 11 is 0. The number of ether oxygens (including phenoxy) is 1. The van der Waals surface area contributed by atoms with Crippen LogP contribution in [0.15, 0.2) is 18.3 Å². The van der Waals surface area contributed by atoms with Crippen molar-refractivity contribution in [3.63, 3.8) is 0 Å². The number of carbonyl (C=O) groups is 2. The molecule has 0 atom stereocenters. The van der Waals surface area contributed by atoms with Crippen molar-refractivity contribution in [3.8, 4) is 11.8 Å². The lowest BCUT2D eigenvalue weighted by Crippen LogP contribution is -2.00. The Kier molecular flexibility index (Phi) is 3.41. The molecule has 1 N–H and O–H groups in total. The Labute approximate surface area is 85.7 Å². The molecule has 1 aromatic rings. The van der Waals surface area contributed by atoms with Crippen molar-refractivity contribution >= 4 is 11.9 Å². The Bertz CT molecular complexity index is 456. The lowest BCUT2D eigenvalue weighted by molar-refractivity contribution is -0.133. The normalized spacial score (nSPS) is 8.60. The molecule has 0 aliphatic heterocycles. The second kappa shape index (κ2) is 4.77. The average molecular weight is 205 g/mol. The molecule has 0 unspecified atom stereocenters. The number of carboxylic acid groups (broad SMARTS) is 1. The first-order chi connectivity index (χ1) is 7.13. The van der Waals surface area contributed by atoms with Gasteiger partial charge in [0.1, 0.15) is 5.69 Å². The molecule has 0 amide bonds. The molecule has 0 radical (unpaired) electrons. The predicted octanol–water partition coefficient (Wildman–Crippen LogP) is 0.304. The maximum atomic E-state index is 10.7. The van der Waals surface area contributed by atoms with Gasteiger partial charge in [0.15, 0.2) is 0 Å². The Morgan fingerprint density at radius 1 is 1.53 bits per heavy atom. The zero-order valence-corrected chi connectivity index (χ0v) is 7.85. The van der Waals surface area contributed by atoms with Gasteiger partial charge in [-0.05, 0) is 12.1 Å². The molecule has 1 heterocycles. The molecule has 15 heavy (non-hydrogen) atoms. The van der Waals surface area contributed by atoms with E-state index in [1.165, 1.54) is 25.4 Å². The van der Waals surface area contributed by atoms with Crippen molar-refractivity contribution in [2.45, 2.75) is 0 Å². The van der Waals surface area contributed by atoms with E-state index in [0.717, 1.165) is 0 Å². The highest BCUT2D eigenvalue weighted by Crippen LogP contribution is 1.99. The summed E-state index contributed by atoms with van der Waals surface area (Å²) in [5, 5.41) is 8.63. The van der Waals surface area contributed by atoms with E-state index in [-0.39, 0.29) is 5.69 Å². The quantitative estimate of drug-likeness (QED) is 0.527. The second-order valence-corrected chi connectivity index (χ2v) is 2.48. The van der Waals surface area contributed by atoms with Gasteiger partial charge in [0.05, 0.1) is 7.11 Å². The highest BCUT2D eigenvalue weighted by molar-refractivity contribution is 5.89. The minimum Gasteiger partial charge on any atom is -0.477 e. The van der Waals surface area contributed by atoms with Crippen LogP contribution in [-0.4, -0.2) is 29.1 Å². The molecule has 0 saturated heterocycles. The lowest BCUT2D eigenvalue weighted by Gasteiger charge is -1.93. The van der Waals surface area contributed by atoms with Gasteiger partial charge in [-0.2, -0.15) is 0 Å². The van der Waals surface area contributed by atoms with Gasteiger partial charge in [-0.3, -0.25) is 0 Å². The highest BCUT2D eigenvalue weighted by Gasteiger charge is 2.03. The third kappa shape index (κ3) is 3.12. The summed E-state index contributed by atoms with van der Waals surface area (Å²) in [4.78, 5) is 24.8. The first-order valence-electron chi connectivity index (χ1n) is 3.93. The van der Waals surface area contributed by atoms with E-state index in [1.54, 1.807) is 0 Å². The van der Waals surface area contributed by atoms with Gasteiger partial charge < -0.3 is 9.84 Å². The molecule has 76 valence electrons. The van der Waals surface area contributed by atoms with Crippen LogP contribution in [0.1, 0.15) is 16.1 Å². The van der Waals surface area contributed by atoms with Gasteiger partial charge in [-0.1, -0.05) is 5.92 Å². The molecule has 0 bridgehead atoms. The van der Waals surface area contributed by atoms with Crippen LogP contribution in [0, 0.1) is 11.8 Å². The third-order valence-corrected chi connectivity index (χ3v) is 1.47. The fourth-order valence-corrected chi connectivity index (χ4v) is 0.799. The van der Waals surface area contributed by atoms with Crippen LogP contribution in [0.4, 0.5) is 0 Å². The van der Waals surface area contributed by atoms with Crippen LogP contribution in [0.5, 0.6) is 0 Å². The number of rotatable bonds is 1. The molecule has 5 heteroatoms. The molecule has 0 aliphatic carbocycles. The smallest absolute Gasteiger partial charge is 0.384 e. The summed E-state index contributed by atoms with van der Waals surface area (Å²) in [6, 6.07) is 2.78. The number of hydrogen-bond donors (Lipinski definition) is 1. The van der Waals surface area contributed by atoms with Gasteiger partial charge in [-0.15, -0.1) is 0 Å². The Balaban J connectivity index is 2.95. The zero-order valence-electron chi connectivity index (χ0n) is 7.85. The van der Waals surface area contributed by atoms with E-state index in [1.807, 2.05) is 0 Å². The van der Waals surface area contributed by atoms with Crippen molar-refractivity contribution in [2.75, 3.05) is 7.11 Å². The van der Waals surface area contributed by atoms with Gasteiger partial charge in [0.25, 0.3) is 0 Å². The first kappa shape index (κ1) is 10.7. The van der Waals surface area contributed by atoms with Crippen LogP contribution >= 0.6 is 0 Å². The SMILES string of the molecule is COC(=O)C#Cc1ccnc(C(=O)O)c1. The fraction of sp³-hybridized carbons (Fsp3) is 0.100. The van der Waals surface area contributed by atoms with Crippen LogP contribution in [0.2, 0.25) is 0 Å². The fourth-order valence-electron chi connectivity index (χ4n) is 0.799. The number of methoxy groups -OCH3 is 1. The van der Waals surface area contributed by atoms with Crippen molar-refractivity contribution < 1.29 is 19.4 Å². The van der Waals surface area contributed by atoms with E-state index in [2.05, 4.69) is 21.6 Å². The number of hydrogen-bond acceptors (Lipinski definition) is 4. The first-order valence-corrected chi connectivity index (χ1v) is 3.93. The average Bonchev–Trinajstić information content (AvgIpc) is 2.26. The van der Waals surface area contributed by atoms with Crippen molar-refractivity contribution in [1.29, 1.82) is 0 Å². The van der Waals surface area contributed by atoms with Crippen LogP contribution in [0.25, 0.3) is 0 Å². The monoisotopic (exact) mass is 205 g/mol. The molecule has 0 saturated carbocycles. The zero-order chi connectivity index (χ0) is 11.3. The van der Waals surface area contributed by atoms with E-state index in [4.69, 9.17) is 5.11 Å². The van der Waals surface area contributed by atoms with E-state index in [9.17, 15) is 9.59 Å². The molecular weight excluding hydrogens is 198 g/mol. The third-order valence-electron chi connectivity index (χ3n) is 1.47. The summed E-state index contributed by atoms with van der Waals surface area (Å²) in [5.74, 6) is 2.83. The maximum absolute atomic E-state index is 10.7. The minimum atomic E-state index is -1.14. The molecule has 0 aromatic carbocycles. The highest BCUT2D eigenvalue weighted by atomic mass is 16.5. The van der Waals surface area contributed by atoms with Gasteiger partial charge in [-0.25, -0.2) is 14.6 Å². The number of carboxylic acids is 1. The number of pyridine rings is 1. The molecular formula is C10H7NO4. The Morgan fingerprint density at radius 2 is 2.27 bits per heavy atom. The summed E-state index contributed by atoms with van der Waals surface area (Å²) in [5.41, 5.74) is 0.277. The summed E-state index contributed by atoms with van der Waals surface area (Å²) < 4.78 is 4.31. The molecule has 0 aliphatic rings. The minimum absolute atomic E-state index is 0.119. The largest absolute Gasteiger partial charge is 0.477 e. The second-order valence-electron chi connectivity index (χ2n) is 2.48. The molecule has 5 nitrogen and oxygen atoms in total. The molecule has 1 rings (SSSR count). The van der Waals surface area contributed by atoms with E-state index >= 15 is 0 Å². The van der Waals surface area contributed by atoms with Gasteiger partial charge >= 0.3 is 11.9 Å². The molecule has 0 fully saturated rings. The van der Waals surface area contributed by atoms with Crippen molar-refractivity contribution in [3.05, 3.63) is 29.6 Å². The summed E-state index contributed by atoms with van der Waals surface area (Å²) in [7, 11) is 1.21. The van der Waals surface area contributed by atoms with Crippen molar-refractivity contribution in [2.24, 2.45) is 0 Å². The summed E-state index contributed by atoms with van der Waals surface area (Å²) in [6.07, 6.45) is 1.31. The maximum Gasteiger partial charge on any atom is 0.384 e. The number of esters is 1. The lowest BCUT2D eigenvalue weighted by atomic mass is 10.2. The standard InChI is InChI=1S/C10H7NO4/c1-15-9(12)3-2-7-4-5-11-8(6-7)10(13)14/h4-6H,1H3,(H,13,14). The Morgan fingerprint density at radius 3 is 2.87 bits per heavy atom. The summed E-state index contributed by atoms with van der Waals surface area (Å²) in [6.45, 7) is 0. The van der Waals surface area contributed by atoms with Crippen molar-refractivity contribution in [1.82, 2.24) is 4.98 Å². The topological polar surface area (TPSA) is 76.5 Å². The predicted molar refractivity (Wildman–Crippen MR) is 50.1 cm³/mol. The molecule has 1 aromatic heterocycles. The number of aromatic carboxylic acids is 1. The number of carbonyl (C=O) groups excluding carboxylic acids is 1. The van der Waals surface area contributed by atoms with Gasteiger partial charge in [0, 0.05) is 17.7 Å². The van der Waals surface area contributed by atoms with Gasteiger partial charge in [0.2, 0.25) is 0 Å². The molecule has 0 spiro atoms. The van der Waals surface area contributed by atoms with E-state index in [0.29, 0.717) is 5.56 Å².